The van der Waals surface area contributed by atoms with Crippen molar-refractivity contribution in [3.8, 4) is 11.8 Å². The molecule has 0 saturated carbocycles. The van der Waals surface area contributed by atoms with Crippen LogP contribution in [0.15, 0.2) is 24.3 Å². The molecule has 0 aliphatic carbocycles. The highest BCUT2D eigenvalue weighted by molar-refractivity contribution is 5.36. The molecule has 4 nitrogen and oxygen atoms in total. The Kier molecular flexibility index (Phi) is 6.94. The predicted octanol–water partition coefficient (Wildman–Crippen LogP) is 2.29. The maximum atomic E-state index is 8.79. The third-order valence-electron chi connectivity index (χ3n) is 3.05. The average Bonchev–Trinajstić information content (AvgIpc) is 2.43. The molecular weight excluding hydrogens is 240 g/mol. The lowest BCUT2D eigenvalue weighted by molar-refractivity contribution is 0.112. The van der Waals surface area contributed by atoms with Gasteiger partial charge in [0, 0.05) is 19.7 Å². The first-order chi connectivity index (χ1) is 9.17. The summed E-state index contributed by atoms with van der Waals surface area (Å²) < 4.78 is 10.8. The van der Waals surface area contributed by atoms with E-state index in [1.54, 1.807) is 19.2 Å². The summed E-state index contributed by atoms with van der Waals surface area (Å²) in [7, 11) is 3.80. The Labute approximate surface area is 115 Å². The number of likely N-dealkylation sites (N-methyl/N-ethyl adjacent to an activating group) is 1. The monoisotopic (exact) mass is 262 g/mol. The van der Waals surface area contributed by atoms with Gasteiger partial charge >= 0.3 is 0 Å². The van der Waals surface area contributed by atoms with E-state index in [1.165, 1.54) is 0 Å². The molecular formula is C15H22N2O2. The molecule has 0 amide bonds. The first-order valence-electron chi connectivity index (χ1n) is 6.49. The fourth-order valence-corrected chi connectivity index (χ4v) is 1.75. The van der Waals surface area contributed by atoms with Crippen LogP contribution in [0.5, 0.6) is 5.75 Å². The summed E-state index contributed by atoms with van der Waals surface area (Å²) in [5, 5.41) is 8.79. The quantitative estimate of drug-likeness (QED) is 0.674. The maximum absolute atomic E-state index is 8.79. The van der Waals surface area contributed by atoms with Crippen molar-refractivity contribution in [3.05, 3.63) is 29.8 Å². The lowest BCUT2D eigenvalue weighted by atomic mass is 10.2. The normalized spacial score (nSPS) is 12.2. The van der Waals surface area contributed by atoms with E-state index in [1.807, 2.05) is 12.1 Å². The summed E-state index contributed by atoms with van der Waals surface area (Å²) in [6, 6.07) is 9.75. The van der Waals surface area contributed by atoms with E-state index in [0.29, 0.717) is 18.2 Å². The van der Waals surface area contributed by atoms with E-state index in [9.17, 15) is 0 Å². The fourth-order valence-electron chi connectivity index (χ4n) is 1.75. The van der Waals surface area contributed by atoms with Gasteiger partial charge in [0.15, 0.2) is 0 Å². The second kappa shape index (κ2) is 8.52. The van der Waals surface area contributed by atoms with E-state index in [0.717, 1.165) is 25.3 Å². The van der Waals surface area contributed by atoms with E-state index >= 15 is 0 Å². The van der Waals surface area contributed by atoms with Crippen LogP contribution in [-0.2, 0) is 4.74 Å². The van der Waals surface area contributed by atoms with Crippen LogP contribution in [0.4, 0.5) is 0 Å². The highest BCUT2D eigenvalue weighted by Crippen LogP contribution is 2.12. The lowest BCUT2D eigenvalue weighted by Crippen LogP contribution is -2.34. The van der Waals surface area contributed by atoms with Crippen molar-refractivity contribution in [1.82, 2.24) is 4.90 Å². The fraction of sp³-hybridized carbons (Fsp3) is 0.533. The number of benzene rings is 1. The molecule has 1 atom stereocenters. The third kappa shape index (κ3) is 5.73. The van der Waals surface area contributed by atoms with Gasteiger partial charge in [0.05, 0.1) is 24.8 Å². The van der Waals surface area contributed by atoms with Gasteiger partial charge in [-0.25, -0.2) is 0 Å². The minimum absolute atomic E-state index is 0.409. The first kappa shape index (κ1) is 15.5. The molecule has 0 saturated heterocycles. The number of hydrogen-bond donors (Lipinski definition) is 0. The summed E-state index contributed by atoms with van der Waals surface area (Å²) in [4.78, 5) is 2.25. The molecule has 0 aliphatic rings. The minimum atomic E-state index is 0.409. The number of nitriles is 1. The molecule has 19 heavy (non-hydrogen) atoms. The summed E-state index contributed by atoms with van der Waals surface area (Å²) in [5.41, 5.74) is 0.628. The van der Waals surface area contributed by atoms with Crippen LogP contribution in [0.3, 0.4) is 0 Å². The zero-order chi connectivity index (χ0) is 14.1. The van der Waals surface area contributed by atoms with Crippen molar-refractivity contribution < 1.29 is 9.47 Å². The zero-order valence-corrected chi connectivity index (χ0v) is 11.9. The van der Waals surface area contributed by atoms with E-state index in [4.69, 9.17) is 14.7 Å². The van der Waals surface area contributed by atoms with Crippen LogP contribution in [0, 0.1) is 11.3 Å². The van der Waals surface area contributed by atoms with E-state index in [2.05, 4.69) is 24.9 Å². The molecule has 0 aromatic heterocycles. The average molecular weight is 262 g/mol. The number of rotatable bonds is 8. The van der Waals surface area contributed by atoms with Crippen molar-refractivity contribution in [2.45, 2.75) is 19.4 Å². The van der Waals surface area contributed by atoms with Crippen molar-refractivity contribution in [2.75, 3.05) is 33.9 Å². The maximum Gasteiger partial charge on any atom is 0.120 e. The lowest BCUT2D eigenvalue weighted by Gasteiger charge is -2.23. The van der Waals surface area contributed by atoms with Crippen LogP contribution < -0.4 is 4.74 Å². The molecule has 1 aromatic carbocycles. The largest absolute Gasteiger partial charge is 0.494 e. The molecule has 0 radical (unpaired) electrons. The van der Waals surface area contributed by atoms with Crippen LogP contribution in [-0.4, -0.2) is 44.9 Å². The second-order valence-corrected chi connectivity index (χ2v) is 4.63. The van der Waals surface area contributed by atoms with Crippen molar-refractivity contribution in [2.24, 2.45) is 0 Å². The molecule has 1 aromatic rings. The Hall–Kier alpha value is -1.57. The third-order valence-corrected chi connectivity index (χ3v) is 3.05. The molecule has 1 unspecified atom stereocenters. The van der Waals surface area contributed by atoms with Crippen LogP contribution >= 0.6 is 0 Å². The van der Waals surface area contributed by atoms with Crippen molar-refractivity contribution >= 4 is 0 Å². The second-order valence-electron chi connectivity index (χ2n) is 4.63. The molecule has 4 heteroatoms. The Morgan fingerprint density at radius 1 is 1.42 bits per heavy atom. The van der Waals surface area contributed by atoms with Crippen molar-refractivity contribution in [3.63, 3.8) is 0 Å². The number of nitrogens with zero attached hydrogens (tertiary/aromatic N) is 2. The van der Waals surface area contributed by atoms with Crippen LogP contribution in [0.25, 0.3) is 0 Å². The highest BCUT2D eigenvalue weighted by Gasteiger charge is 2.07. The summed E-state index contributed by atoms with van der Waals surface area (Å²) in [6.45, 7) is 4.49. The van der Waals surface area contributed by atoms with Gasteiger partial charge in [-0.1, -0.05) is 6.07 Å². The Morgan fingerprint density at radius 3 is 2.89 bits per heavy atom. The highest BCUT2D eigenvalue weighted by atomic mass is 16.5. The van der Waals surface area contributed by atoms with Gasteiger partial charge in [0.2, 0.25) is 0 Å². The van der Waals surface area contributed by atoms with E-state index < -0.39 is 0 Å². The molecule has 0 aliphatic heterocycles. The van der Waals surface area contributed by atoms with E-state index in [-0.39, 0.29) is 0 Å². The molecule has 1 rings (SSSR count). The van der Waals surface area contributed by atoms with Crippen molar-refractivity contribution in [1.29, 1.82) is 5.26 Å². The Balaban J connectivity index is 2.25. The van der Waals surface area contributed by atoms with Gasteiger partial charge in [0.25, 0.3) is 0 Å². The molecule has 0 bridgehead atoms. The van der Waals surface area contributed by atoms with Gasteiger partial charge in [-0.2, -0.15) is 5.26 Å². The van der Waals surface area contributed by atoms with Gasteiger partial charge in [-0.3, -0.25) is 0 Å². The van der Waals surface area contributed by atoms with Crippen LogP contribution in [0.1, 0.15) is 18.9 Å². The summed E-state index contributed by atoms with van der Waals surface area (Å²) >= 11 is 0. The zero-order valence-electron chi connectivity index (χ0n) is 11.9. The van der Waals surface area contributed by atoms with Gasteiger partial charge in [-0.15, -0.1) is 0 Å². The van der Waals surface area contributed by atoms with Gasteiger partial charge in [0.1, 0.15) is 5.75 Å². The molecule has 104 valence electrons. The SMILES string of the molecule is COCC(C)N(C)CCCOc1cccc(C#N)c1. The topological polar surface area (TPSA) is 45.5 Å². The summed E-state index contributed by atoms with van der Waals surface area (Å²) in [6.07, 6.45) is 0.946. The first-order valence-corrected chi connectivity index (χ1v) is 6.49. The van der Waals surface area contributed by atoms with Gasteiger partial charge in [-0.05, 0) is 38.6 Å². The molecule has 0 heterocycles. The molecule has 0 spiro atoms. The molecule has 0 N–H and O–H groups in total. The number of hydrogen-bond acceptors (Lipinski definition) is 4. The standard InChI is InChI=1S/C15H22N2O2/c1-13(12-18-3)17(2)8-5-9-19-15-7-4-6-14(10-15)11-16/h4,6-7,10,13H,5,8-9,12H2,1-3H3. The number of methoxy groups -OCH3 is 1. The summed E-state index contributed by atoms with van der Waals surface area (Å²) in [5.74, 6) is 0.756. The smallest absolute Gasteiger partial charge is 0.120 e. The predicted molar refractivity (Wildman–Crippen MR) is 75.2 cm³/mol. The molecule has 0 fully saturated rings. The number of ether oxygens (including phenoxy) is 2. The Morgan fingerprint density at radius 2 is 2.21 bits per heavy atom. The minimum Gasteiger partial charge on any atom is -0.494 e. The van der Waals surface area contributed by atoms with Gasteiger partial charge < -0.3 is 14.4 Å². The van der Waals surface area contributed by atoms with Crippen LogP contribution in [0.2, 0.25) is 0 Å². The Bertz CT molecular complexity index is 415.